The summed E-state index contributed by atoms with van der Waals surface area (Å²) in [6.07, 6.45) is 5.40. The number of carbonyl (C=O) groups excluding carboxylic acids is 2. The molecule has 3 rings (SSSR count). The summed E-state index contributed by atoms with van der Waals surface area (Å²) < 4.78 is 47.1. The van der Waals surface area contributed by atoms with Crippen molar-refractivity contribution < 1.29 is 37.2 Å². The van der Waals surface area contributed by atoms with Crippen LogP contribution in [-0.2, 0) is 25.2 Å². The summed E-state index contributed by atoms with van der Waals surface area (Å²) in [5.41, 5.74) is 3.22. The minimum Gasteiger partial charge on any atom is -0.465 e. The molecule has 0 aromatic heterocycles. The SMILES string of the molecule is CC(C)=CCB1OC(C)(C)C(C)(C)O1.COC(=O)c1ccc(F)c(Br)c1.COC(=O)c1ccc(F)c(CC=C(C)C)c1. The van der Waals surface area contributed by atoms with E-state index in [1.54, 1.807) is 0 Å². The van der Waals surface area contributed by atoms with E-state index in [0.29, 0.717) is 23.1 Å². The van der Waals surface area contributed by atoms with Crippen LogP contribution in [0, 0.1) is 11.6 Å². The number of hydrogen-bond donors (Lipinski definition) is 0. The molecule has 1 heterocycles. The number of benzene rings is 2. The van der Waals surface area contributed by atoms with Crippen molar-refractivity contribution in [3.05, 3.63) is 92.5 Å². The van der Waals surface area contributed by atoms with Crippen LogP contribution in [0.2, 0.25) is 6.32 Å². The van der Waals surface area contributed by atoms with Gasteiger partial charge in [0, 0.05) is 6.32 Å². The maximum atomic E-state index is 13.4. The van der Waals surface area contributed by atoms with Crippen molar-refractivity contribution in [2.45, 2.75) is 79.3 Å². The fraction of sp³-hybridized carbons (Fsp3) is 0.438. The Kier molecular flexibility index (Phi) is 14.8. The first-order valence-electron chi connectivity index (χ1n) is 13.5. The summed E-state index contributed by atoms with van der Waals surface area (Å²) in [6, 6.07) is 8.19. The van der Waals surface area contributed by atoms with Crippen LogP contribution in [0.15, 0.2) is 64.2 Å². The molecule has 1 saturated heterocycles. The van der Waals surface area contributed by atoms with Crippen molar-refractivity contribution in [1.29, 1.82) is 0 Å². The highest BCUT2D eigenvalue weighted by atomic mass is 79.9. The van der Waals surface area contributed by atoms with Crippen molar-refractivity contribution in [3.8, 4) is 0 Å². The van der Waals surface area contributed by atoms with Crippen LogP contribution in [0.3, 0.4) is 0 Å². The average molecular weight is 651 g/mol. The van der Waals surface area contributed by atoms with E-state index in [1.807, 2.05) is 19.9 Å². The van der Waals surface area contributed by atoms with Crippen LogP contribution >= 0.6 is 15.9 Å². The molecule has 1 fully saturated rings. The fourth-order valence-corrected chi connectivity index (χ4v) is 3.80. The van der Waals surface area contributed by atoms with E-state index in [4.69, 9.17) is 9.31 Å². The molecule has 0 spiro atoms. The van der Waals surface area contributed by atoms with Gasteiger partial charge in [-0.1, -0.05) is 23.3 Å². The predicted molar refractivity (Wildman–Crippen MR) is 167 cm³/mol. The van der Waals surface area contributed by atoms with Gasteiger partial charge in [-0.3, -0.25) is 0 Å². The minimum atomic E-state index is -0.476. The molecule has 0 bridgehead atoms. The second kappa shape index (κ2) is 16.7. The van der Waals surface area contributed by atoms with E-state index < -0.39 is 17.8 Å². The van der Waals surface area contributed by atoms with E-state index in [0.717, 1.165) is 11.9 Å². The summed E-state index contributed by atoms with van der Waals surface area (Å²) in [4.78, 5) is 22.2. The minimum absolute atomic E-state index is 0.0881. The number of esters is 2. The second-order valence-corrected chi connectivity index (χ2v) is 12.0. The normalized spacial score (nSPS) is 14.4. The molecule has 2 aromatic rings. The van der Waals surface area contributed by atoms with Gasteiger partial charge in [-0.05, 0) is 120 Å². The van der Waals surface area contributed by atoms with Gasteiger partial charge in [0.1, 0.15) is 11.6 Å². The van der Waals surface area contributed by atoms with Crippen molar-refractivity contribution in [1.82, 2.24) is 0 Å². The van der Waals surface area contributed by atoms with Gasteiger partial charge >= 0.3 is 19.1 Å². The number of hydrogen-bond acceptors (Lipinski definition) is 6. The number of ether oxygens (including phenoxy) is 2. The Morgan fingerprint density at radius 1 is 0.810 bits per heavy atom. The van der Waals surface area contributed by atoms with Crippen molar-refractivity contribution in [2.75, 3.05) is 14.2 Å². The zero-order chi connectivity index (χ0) is 32.3. The topological polar surface area (TPSA) is 71.1 Å². The molecule has 6 nitrogen and oxygen atoms in total. The number of allylic oxidation sites excluding steroid dienone is 4. The fourth-order valence-electron chi connectivity index (χ4n) is 3.42. The van der Waals surface area contributed by atoms with Crippen LogP contribution in [0.5, 0.6) is 0 Å². The maximum absolute atomic E-state index is 13.4. The molecule has 1 aliphatic heterocycles. The quantitative estimate of drug-likeness (QED) is 0.177. The molecule has 0 unspecified atom stereocenters. The number of rotatable bonds is 6. The van der Waals surface area contributed by atoms with Crippen LogP contribution in [0.1, 0.15) is 81.7 Å². The highest BCUT2D eigenvalue weighted by Crippen LogP contribution is 2.37. The van der Waals surface area contributed by atoms with Crippen molar-refractivity contribution in [3.63, 3.8) is 0 Å². The summed E-state index contributed by atoms with van der Waals surface area (Å²) in [5.74, 6) is -1.62. The molecule has 0 atom stereocenters. The van der Waals surface area contributed by atoms with E-state index in [1.165, 1.54) is 56.2 Å². The number of carbonyl (C=O) groups is 2. The third-order valence-electron chi connectivity index (χ3n) is 6.56. The molecule has 10 heteroatoms. The molecule has 230 valence electrons. The lowest BCUT2D eigenvalue weighted by atomic mass is 9.84. The molecule has 0 radical (unpaired) electrons. The van der Waals surface area contributed by atoms with Gasteiger partial charge in [-0.25, -0.2) is 18.4 Å². The monoisotopic (exact) mass is 650 g/mol. The number of methoxy groups -OCH3 is 2. The van der Waals surface area contributed by atoms with Crippen LogP contribution in [0.4, 0.5) is 8.78 Å². The van der Waals surface area contributed by atoms with E-state index in [-0.39, 0.29) is 28.6 Å². The third-order valence-corrected chi connectivity index (χ3v) is 7.17. The summed E-state index contributed by atoms with van der Waals surface area (Å²) in [5, 5.41) is 0. The van der Waals surface area contributed by atoms with Crippen molar-refractivity contribution in [2.24, 2.45) is 0 Å². The largest absolute Gasteiger partial charge is 0.465 e. The Morgan fingerprint density at radius 3 is 1.69 bits per heavy atom. The molecular formula is C32H42BBrF2O6. The average Bonchev–Trinajstić information content (AvgIpc) is 3.13. The van der Waals surface area contributed by atoms with Gasteiger partial charge in [0.2, 0.25) is 0 Å². The Bertz CT molecular complexity index is 1270. The third kappa shape index (κ3) is 11.8. The lowest BCUT2D eigenvalue weighted by molar-refractivity contribution is 0.00578. The summed E-state index contributed by atoms with van der Waals surface area (Å²) in [6.45, 7) is 16.4. The lowest BCUT2D eigenvalue weighted by Gasteiger charge is -2.32. The van der Waals surface area contributed by atoms with Gasteiger partial charge in [0.15, 0.2) is 0 Å². The highest BCUT2D eigenvalue weighted by molar-refractivity contribution is 9.10. The maximum Gasteiger partial charge on any atom is 0.461 e. The molecule has 0 N–H and O–H groups in total. The zero-order valence-electron chi connectivity index (χ0n) is 26.2. The Hall–Kier alpha value is -2.82. The molecule has 2 aromatic carbocycles. The van der Waals surface area contributed by atoms with Crippen molar-refractivity contribution >= 4 is 35.0 Å². The molecule has 42 heavy (non-hydrogen) atoms. The first kappa shape index (κ1) is 37.2. The van der Waals surface area contributed by atoms with Crippen LogP contribution in [-0.4, -0.2) is 44.5 Å². The molecule has 0 aliphatic carbocycles. The Labute approximate surface area is 257 Å². The van der Waals surface area contributed by atoms with Gasteiger partial charge < -0.3 is 18.8 Å². The van der Waals surface area contributed by atoms with E-state index >= 15 is 0 Å². The second-order valence-electron chi connectivity index (χ2n) is 11.1. The van der Waals surface area contributed by atoms with E-state index in [9.17, 15) is 18.4 Å². The van der Waals surface area contributed by atoms with E-state index in [2.05, 4.69) is 73.0 Å². The molecule has 0 saturated carbocycles. The van der Waals surface area contributed by atoms with Gasteiger partial charge in [-0.2, -0.15) is 0 Å². The first-order chi connectivity index (χ1) is 19.4. The Balaban J connectivity index is 0.000000318. The standard InChI is InChI=1S/C13H15FO2.C11H21BO2.C8H6BrFO2/c1-9(2)4-5-10-8-11(13(15)16-3)6-7-12(10)14;1-9(2)7-8-12-13-10(3,4)11(5,6)14-12;1-12-8(11)5-2-3-7(10)6(9)4-5/h4,6-8H,5H2,1-3H3;7H,8H2,1-6H3;2-4H,1H3. The summed E-state index contributed by atoms with van der Waals surface area (Å²) >= 11 is 2.96. The highest BCUT2D eigenvalue weighted by Gasteiger charge is 2.50. The smallest absolute Gasteiger partial charge is 0.461 e. The molecule has 1 aliphatic rings. The number of halogens is 3. The van der Waals surface area contributed by atoms with Gasteiger partial charge in [0.25, 0.3) is 0 Å². The van der Waals surface area contributed by atoms with Crippen LogP contribution < -0.4 is 0 Å². The lowest BCUT2D eigenvalue weighted by Crippen LogP contribution is -2.41. The first-order valence-corrected chi connectivity index (χ1v) is 14.3. The van der Waals surface area contributed by atoms with Crippen LogP contribution in [0.25, 0.3) is 0 Å². The predicted octanol–water partition coefficient (Wildman–Crippen LogP) is 8.54. The van der Waals surface area contributed by atoms with Gasteiger partial charge in [-0.15, -0.1) is 0 Å². The molecule has 0 amide bonds. The molecular weight excluding hydrogens is 609 g/mol. The summed E-state index contributed by atoms with van der Waals surface area (Å²) in [7, 11) is 2.50. The van der Waals surface area contributed by atoms with Gasteiger partial charge in [0.05, 0.1) is 41.0 Å². The Morgan fingerprint density at radius 2 is 1.26 bits per heavy atom. The zero-order valence-corrected chi connectivity index (χ0v) is 27.8.